The van der Waals surface area contributed by atoms with E-state index in [1.165, 1.54) is 19.3 Å². The first-order chi connectivity index (χ1) is 5.58. The molecule has 0 spiro atoms. The third-order valence-electron chi connectivity index (χ3n) is 3.29. The minimum Gasteiger partial charge on any atom is -0.0657 e. The van der Waals surface area contributed by atoms with Crippen molar-refractivity contribution in [3.05, 3.63) is 0 Å². The summed E-state index contributed by atoms with van der Waals surface area (Å²) in [4.78, 5) is 0. The van der Waals surface area contributed by atoms with Crippen molar-refractivity contribution in [2.45, 2.75) is 71.0 Å². The second-order valence-corrected chi connectivity index (χ2v) is 8.73. The van der Waals surface area contributed by atoms with Crippen LogP contribution in [-0.4, -0.2) is 8.80 Å². The molecule has 0 aromatic carbocycles. The summed E-state index contributed by atoms with van der Waals surface area (Å²) in [6.45, 7) is 12.0. The quantitative estimate of drug-likeness (QED) is 0.545. The van der Waals surface area contributed by atoms with Crippen molar-refractivity contribution in [1.82, 2.24) is 0 Å². The molecule has 0 amide bonds. The number of hydrogen-bond donors (Lipinski definition) is 0. The van der Waals surface area contributed by atoms with Crippen LogP contribution in [0.3, 0.4) is 0 Å². The SMILES string of the molecule is CCC[SiH](CCC)C(C)(C)CC. The minimum atomic E-state index is -0.443. The van der Waals surface area contributed by atoms with Crippen LogP contribution in [0.1, 0.15) is 53.9 Å². The second-order valence-electron chi connectivity index (χ2n) is 4.62. The first kappa shape index (κ1) is 12.2. The van der Waals surface area contributed by atoms with Gasteiger partial charge < -0.3 is 0 Å². The van der Waals surface area contributed by atoms with Crippen LogP contribution < -0.4 is 0 Å². The molecule has 74 valence electrons. The Labute approximate surface area is 80.4 Å². The van der Waals surface area contributed by atoms with E-state index in [4.69, 9.17) is 0 Å². The molecule has 0 bridgehead atoms. The zero-order chi connectivity index (χ0) is 9.61. The van der Waals surface area contributed by atoms with Crippen LogP contribution in [0.2, 0.25) is 17.1 Å². The average molecular weight is 186 g/mol. The summed E-state index contributed by atoms with van der Waals surface area (Å²) in [5.41, 5.74) is 0. The summed E-state index contributed by atoms with van der Waals surface area (Å²) in [5.74, 6) is 0. The van der Waals surface area contributed by atoms with Crippen LogP contribution in [-0.2, 0) is 0 Å². The van der Waals surface area contributed by atoms with E-state index >= 15 is 0 Å². The van der Waals surface area contributed by atoms with Gasteiger partial charge in [-0.2, -0.15) is 0 Å². The zero-order valence-corrected chi connectivity index (χ0v) is 10.8. The average Bonchev–Trinajstić information content (AvgIpc) is 2.04. The van der Waals surface area contributed by atoms with Gasteiger partial charge in [0.1, 0.15) is 0 Å². The first-order valence-corrected chi connectivity index (χ1v) is 7.79. The van der Waals surface area contributed by atoms with Gasteiger partial charge in [-0.25, -0.2) is 0 Å². The minimum absolute atomic E-state index is 0.443. The van der Waals surface area contributed by atoms with E-state index in [0.29, 0.717) is 5.04 Å². The standard InChI is InChI=1S/C11H26Si/c1-6-9-12(10-7-2)11(4,5)8-3/h12H,6-10H2,1-5H3. The van der Waals surface area contributed by atoms with Gasteiger partial charge in [0.15, 0.2) is 0 Å². The van der Waals surface area contributed by atoms with E-state index < -0.39 is 8.80 Å². The van der Waals surface area contributed by atoms with Crippen molar-refractivity contribution in [2.24, 2.45) is 0 Å². The lowest BCUT2D eigenvalue weighted by Gasteiger charge is -2.32. The topological polar surface area (TPSA) is 0 Å². The third-order valence-corrected chi connectivity index (χ3v) is 8.46. The Balaban J connectivity index is 4.07. The van der Waals surface area contributed by atoms with E-state index in [1.54, 1.807) is 12.1 Å². The van der Waals surface area contributed by atoms with Crippen LogP contribution in [0.4, 0.5) is 0 Å². The molecule has 0 unspecified atom stereocenters. The maximum Gasteiger partial charge on any atom is 0.0425 e. The van der Waals surface area contributed by atoms with Crippen molar-refractivity contribution in [2.75, 3.05) is 0 Å². The fourth-order valence-electron chi connectivity index (χ4n) is 1.91. The summed E-state index contributed by atoms with van der Waals surface area (Å²) in [6.07, 6.45) is 4.19. The van der Waals surface area contributed by atoms with Crippen molar-refractivity contribution in [3.63, 3.8) is 0 Å². The van der Waals surface area contributed by atoms with Crippen LogP contribution in [0.25, 0.3) is 0 Å². The molecule has 0 atom stereocenters. The van der Waals surface area contributed by atoms with E-state index in [9.17, 15) is 0 Å². The highest BCUT2D eigenvalue weighted by Crippen LogP contribution is 2.37. The lowest BCUT2D eigenvalue weighted by atomic mass is 10.1. The summed E-state index contributed by atoms with van der Waals surface area (Å²) in [5, 5.41) is 0.700. The van der Waals surface area contributed by atoms with Gasteiger partial charge in [0.05, 0.1) is 0 Å². The molecule has 0 aliphatic carbocycles. The van der Waals surface area contributed by atoms with Crippen molar-refractivity contribution >= 4 is 8.80 Å². The lowest BCUT2D eigenvalue weighted by molar-refractivity contribution is 0.620. The Morgan fingerprint density at radius 1 is 0.917 bits per heavy atom. The molecule has 0 aromatic heterocycles. The van der Waals surface area contributed by atoms with E-state index in [2.05, 4.69) is 34.6 Å². The Morgan fingerprint density at radius 3 is 1.58 bits per heavy atom. The van der Waals surface area contributed by atoms with Gasteiger partial charge in [0.2, 0.25) is 0 Å². The Hall–Kier alpha value is 0.217. The van der Waals surface area contributed by atoms with Crippen LogP contribution >= 0.6 is 0 Å². The third kappa shape index (κ3) is 3.75. The summed E-state index contributed by atoms with van der Waals surface area (Å²) in [7, 11) is -0.443. The normalized spacial score (nSPS) is 12.5. The number of hydrogen-bond acceptors (Lipinski definition) is 0. The van der Waals surface area contributed by atoms with E-state index in [0.717, 1.165) is 0 Å². The molecule has 0 aliphatic rings. The fourth-order valence-corrected chi connectivity index (χ4v) is 5.73. The second kappa shape index (κ2) is 5.79. The van der Waals surface area contributed by atoms with Gasteiger partial charge in [-0.15, -0.1) is 0 Å². The molecule has 0 rings (SSSR count). The highest BCUT2D eigenvalue weighted by molar-refractivity contribution is 6.62. The molecule has 0 fully saturated rings. The van der Waals surface area contributed by atoms with Crippen LogP contribution in [0, 0.1) is 0 Å². The predicted octanol–water partition coefficient (Wildman–Crippen LogP) is 4.22. The van der Waals surface area contributed by atoms with Crippen molar-refractivity contribution in [1.29, 1.82) is 0 Å². The van der Waals surface area contributed by atoms with E-state index in [1.807, 2.05) is 0 Å². The maximum atomic E-state index is 2.48. The van der Waals surface area contributed by atoms with Gasteiger partial charge in [-0.05, 0) is 5.04 Å². The Bertz CT molecular complexity index is 102. The van der Waals surface area contributed by atoms with Crippen molar-refractivity contribution < 1.29 is 0 Å². The smallest absolute Gasteiger partial charge is 0.0425 e. The molecule has 0 saturated heterocycles. The molecule has 1 heteroatoms. The molecular formula is C11H26Si. The fraction of sp³-hybridized carbons (Fsp3) is 1.00. The molecule has 0 heterocycles. The molecule has 0 nitrogen and oxygen atoms in total. The van der Waals surface area contributed by atoms with Gasteiger partial charge in [0.25, 0.3) is 0 Å². The summed E-state index contributed by atoms with van der Waals surface area (Å²) >= 11 is 0. The Kier molecular flexibility index (Phi) is 5.90. The first-order valence-electron chi connectivity index (χ1n) is 5.58. The monoisotopic (exact) mass is 186 g/mol. The molecule has 0 radical (unpaired) electrons. The van der Waals surface area contributed by atoms with Gasteiger partial charge in [0, 0.05) is 8.80 Å². The summed E-state index contributed by atoms with van der Waals surface area (Å²) < 4.78 is 0. The maximum absolute atomic E-state index is 2.48. The zero-order valence-electron chi connectivity index (χ0n) is 9.61. The van der Waals surface area contributed by atoms with Gasteiger partial charge in [-0.1, -0.05) is 66.0 Å². The van der Waals surface area contributed by atoms with E-state index in [-0.39, 0.29) is 0 Å². The molecule has 0 saturated carbocycles. The number of rotatable bonds is 6. The molecule has 0 aromatic rings. The molecule has 0 N–H and O–H groups in total. The van der Waals surface area contributed by atoms with Crippen molar-refractivity contribution in [3.8, 4) is 0 Å². The summed E-state index contributed by atoms with van der Waals surface area (Å²) in [6, 6.07) is 3.10. The van der Waals surface area contributed by atoms with Gasteiger partial charge >= 0.3 is 0 Å². The Morgan fingerprint density at radius 2 is 1.33 bits per heavy atom. The van der Waals surface area contributed by atoms with Crippen LogP contribution in [0.15, 0.2) is 0 Å². The molecular weight excluding hydrogens is 160 g/mol. The lowest BCUT2D eigenvalue weighted by Crippen LogP contribution is -2.26. The molecule has 12 heavy (non-hydrogen) atoms. The highest BCUT2D eigenvalue weighted by Gasteiger charge is 2.27. The highest BCUT2D eigenvalue weighted by atomic mass is 28.3. The molecule has 0 aliphatic heterocycles. The predicted molar refractivity (Wildman–Crippen MR) is 61.7 cm³/mol. The van der Waals surface area contributed by atoms with Gasteiger partial charge in [-0.3, -0.25) is 0 Å². The van der Waals surface area contributed by atoms with Crippen LogP contribution in [0.5, 0.6) is 0 Å². The largest absolute Gasteiger partial charge is 0.0657 e.